The Morgan fingerprint density at radius 3 is 2.48 bits per heavy atom. The molecule has 1 aromatic rings. The van der Waals surface area contributed by atoms with Crippen LogP contribution in [0.3, 0.4) is 0 Å². The Morgan fingerprint density at radius 2 is 1.88 bits per heavy atom. The van der Waals surface area contributed by atoms with E-state index in [9.17, 15) is 22.0 Å². The minimum atomic E-state index is -2.90. The van der Waals surface area contributed by atoms with Crippen molar-refractivity contribution in [1.29, 1.82) is 0 Å². The van der Waals surface area contributed by atoms with Gasteiger partial charge in [-0.05, 0) is 24.6 Å². The summed E-state index contributed by atoms with van der Waals surface area (Å²) in [6, 6.07) is 3.66. The van der Waals surface area contributed by atoms with Gasteiger partial charge in [0.1, 0.15) is 0 Å². The zero-order chi connectivity index (χ0) is 18.0. The van der Waals surface area contributed by atoms with Gasteiger partial charge >= 0.3 is 0 Å². The topological polar surface area (TPSA) is 57.7 Å². The van der Waals surface area contributed by atoms with E-state index in [1.165, 1.54) is 17.8 Å². The van der Waals surface area contributed by atoms with Crippen molar-refractivity contribution in [1.82, 2.24) is 9.80 Å². The highest BCUT2D eigenvalue weighted by Crippen LogP contribution is 2.22. The molecule has 25 heavy (non-hydrogen) atoms. The lowest BCUT2D eigenvalue weighted by Gasteiger charge is -2.37. The van der Waals surface area contributed by atoms with Crippen molar-refractivity contribution in [3.63, 3.8) is 0 Å². The van der Waals surface area contributed by atoms with Gasteiger partial charge in [0.2, 0.25) is 5.91 Å². The van der Waals surface area contributed by atoms with Crippen LogP contribution in [0.1, 0.15) is 6.42 Å². The lowest BCUT2D eigenvalue weighted by atomic mass is 10.2. The molecule has 1 atom stereocenters. The van der Waals surface area contributed by atoms with E-state index in [4.69, 9.17) is 0 Å². The van der Waals surface area contributed by atoms with E-state index in [-0.39, 0.29) is 29.2 Å². The third kappa shape index (κ3) is 4.71. The van der Waals surface area contributed by atoms with E-state index in [1.807, 2.05) is 0 Å². The molecule has 2 heterocycles. The first-order chi connectivity index (χ1) is 11.8. The number of halogens is 2. The third-order valence-corrected chi connectivity index (χ3v) is 7.37. The molecule has 0 unspecified atom stereocenters. The molecule has 0 radical (unpaired) electrons. The average molecular weight is 390 g/mol. The summed E-state index contributed by atoms with van der Waals surface area (Å²) < 4.78 is 49.2. The standard InChI is InChI=1S/C16H20F2N2O3S2/c17-14-2-1-13(9-15(14)18)24-10-16(21)20-6-4-19(5-7-20)12-3-8-25(22,23)11-12/h1-2,9,12H,3-8,10-11H2/t12-/m0/s1. The van der Waals surface area contributed by atoms with E-state index in [0.29, 0.717) is 37.5 Å². The largest absolute Gasteiger partial charge is 0.339 e. The normalized spacial score (nSPS) is 23.8. The predicted molar refractivity (Wildman–Crippen MR) is 92.3 cm³/mol. The fourth-order valence-electron chi connectivity index (χ4n) is 3.20. The fourth-order valence-corrected chi connectivity index (χ4v) is 5.79. The number of hydrogen-bond acceptors (Lipinski definition) is 5. The second-order valence-corrected chi connectivity index (χ2v) is 9.62. The second kappa shape index (κ2) is 7.59. The summed E-state index contributed by atoms with van der Waals surface area (Å²) in [7, 11) is -2.90. The van der Waals surface area contributed by atoms with Crippen LogP contribution in [0.5, 0.6) is 0 Å². The number of benzene rings is 1. The van der Waals surface area contributed by atoms with Crippen LogP contribution in [0.2, 0.25) is 0 Å². The summed E-state index contributed by atoms with van der Waals surface area (Å²) in [5.41, 5.74) is 0. The lowest BCUT2D eigenvalue weighted by molar-refractivity contribution is -0.130. The third-order valence-electron chi connectivity index (χ3n) is 4.65. The van der Waals surface area contributed by atoms with E-state index < -0.39 is 21.5 Å². The highest BCUT2D eigenvalue weighted by Gasteiger charge is 2.34. The van der Waals surface area contributed by atoms with Gasteiger partial charge in [0, 0.05) is 37.1 Å². The molecule has 2 saturated heterocycles. The van der Waals surface area contributed by atoms with Gasteiger partial charge < -0.3 is 4.90 Å². The Labute approximate surface area is 150 Å². The summed E-state index contributed by atoms with van der Waals surface area (Å²) in [6.07, 6.45) is 0.669. The summed E-state index contributed by atoms with van der Waals surface area (Å²) in [4.78, 5) is 16.7. The Balaban J connectivity index is 1.46. The molecule has 1 amide bonds. The number of nitrogens with zero attached hydrogens (tertiary/aromatic N) is 2. The SMILES string of the molecule is O=C(CSc1ccc(F)c(F)c1)N1CCN([C@H]2CCS(=O)(=O)C2)CC1. The number of piperazine rings is 1. The fraction of sp³-hybridized carbons (Fsp3) is 0.562. The van der Waals surface area contributed by atoms with Crippen LogP contribution in [0, 0.1) is 11.6 Å². The van der Waals surface area contributed by atoms with Crippen molar-refractivity contribution < 1.29 is 22.0 Å². The molecule has 2 aliphatic rings. The van der Waals surface area contributed by atoms with Crippen molar-refractivity contribution in [2.45, 2.75) is 17.4 Å². The Morgan fingerprint density at radius 1 is 1.16 bits per heavy atom. The molecule has 0 aromatic heterocycles. The van der Waals surface area contributed by atoms with Crippen molar-refractivity contribution in [3.8, 4) is 0 Å². The van der Waals surface area contributed by atoms with Crippen LogP contribution in [0.4, 0.5) is 8.78 Å². The van der Waals surface area contributed by atoms with Gasteiger partial charge in [-0.25, -0.2) is 17.2 Å². The summed E-state index contributed by atoms with van der Waals surface area (Å²) in [5.74, 6) is -1.23. The first-order valence-electron chi connectivity index (χ1n) is 8.14. The van der Waals surface area contributed by atoms with Gasteiger partial charge in [-0.2, -0.15) is 0 Å². The first kappa shape index (κ1) is 18.6. The zero-order valence-corrected chi connectivity index (χ0v) is 15.3. The number of hydrogen-bond donors (Lipinski definition) is 0. The molecule has 138 valence electrons. The van der Waals surface area contributed by atoms with Crippen molar-refractivity contribution in [2.24, 2.45) is 0 Å². The molecule has 1 aromatic carbocycles. The molecular formula is C16H20F2N2O3S2. The van der Waals surface area contributed by atoms with Crippen molar-refractivity contribution in [2.75, 3.05) is 43.4 Å². The number of carbonyl (C=O) groups excluding carboxylic acids is 1. The van der Waals surface area contributed by atoms with Crippen LogP contribution < -0.4 is 0 Å². The Hall–Kier alpha value is -1.19. The van der Waals surface area contributed by atoms with Crippen LogP contribution in [-0.4, -0.2) is 73.6 Å². The van der Waals surface area contributed by atoms with Gasteiger partial charge in [0.15, 0.2) is 21.5 Å². The van der Waals surface area contributed by atoms with E-state index in [1.54, 1.807) is 4.90 Å². The maximum atomic E-state index is 13.2. The molecular weight excluding hydrogens is 370 g/mol. The van der Waals surface area contributed by atoms with Crippen LogP contribution in [-0.2, 0) is 14.6 Å². The minimum absolute atomic E-state index is 0.0478. The lowest BCUT2D eigenvalue weighted by Crippen LogP contribution is -2.52. The maximum absolute atomic E-state index is 13.2. The maximum Gasteiger partial charge on any atom is 0.233 e. The number of carbonyl (C=O) groups is 1. The monoisotopic (exact) mass is 390 g/mol. The highest BCUT2D eigenvalue weighted by molar-refractivity contribution is 8.00. The molecule has 3 rings (SSSR count). The zero-order valence-electron chi connectivity index (χ0n) is 13.7. The summed E-state index contributed by atoms with van der Waals surface area (Å²) in [6.45, 7) is 2.46. The van der Waals surface area contributed by atoms with Gasteiger partial charge in [0.25, 0.3) is 0 Å². The number of rotatable bonds is 4. The van der Waals surface area contributed by atoms with Gasteiger partial charge in [-0.1, -0.05) is 0 Å². The van der Waals surface area contributed by atoms with Gasteiger partial charge in [0.05, 0.1) is 17.3 Å². The van der Waals surface area contributed by atoms with E-state index in [2.05, 4.69) is 4.90 Å². The molecule has 2 aliphatic heterocycles. The number of thioether (sulfide) groups is 1. The van der Waals surface area contributed by atoms with Crippen LogP contribution >= 0.6 is 11.8 Å². The Bertz CT molecular complexity index is 750. The smallest absolute Gasteiger partial charge is 0.233 e. The van der Waals surface area contributed by atoms with Gasteiger partial charge in [-0.3, -0.25) is 9.69 Å². The summed E-state index contributed by atoms with van der Waals surface area (Å²) in [5, 5.41) is 0. The highest BCUT2D eigenvalue weighted by atomic mass is 32.2. The molecule has 0 spiro atoms. The summed E-state index contributed by atoms with van der Waals surface area (Å²) >= 11 is 1.18. The Kier molecular flexibility index (Phi) is 5.65. The number of amides is 1. The molecule has 2 fully saturated rings. The quantitative estimate of drug-likeness (QED) is 0.728. The van der Waals surface area contributed by atoms with Crippen LogP contribution in [0.15, 0.2) is 23.1 Å². The molecule has 0 bridgehead atoms. The molecule has 5 nitrogen and oxygen atoms in total. The minimum Gasteiger partial charge on any atom is -0.339 e. The first-order valence-corrected chi connectivity index (χ1v) is 10.9. The van der Waals surface area contributed by atoms with Gasteiger partial charge in [-0.15, -0.1) is 11.8 Å². The van der Waals surface area contributed by atoms with Crippen LogP contribution in [0.25, 0.3) is 0 Å². The predicted octanol–water partition coefficient (Wildman–Crippen LogP) is 1.39. The molecule has 0 aliphatic carbocycles. The van der Waals surface area contributed by atoms with E-state index >= 15 is 0 Å². The molecule has 9 heteroatoms. The average Bonchev–Trinajstić information content (AvgIpc) is 2.96. The molecule has 0 N–H and O–H groups in total. The molecule has 0 saturated carbocycles. The second-order valence-electron chi connectivity index (χ2n) is 6.34. The van der Waals surface area contributed by atoms with Crippen molar-refractivity contribution in [3.05, 3.63) is 29.8 Å². The van der Waals surface area contributed by atoms with Crippen molar-refractivity contribution >= 4 is 27.5 Å². The number of sulfone groups is 1. The van der Waals surface area contributed by atoms with E-state index in [0.717, 1.165) is 12.1 Å².